The van der Waals surface area contributed by atoms with Crippen LogP contribution < -0.4 is 5.73 Å². The highest BCUT2D eigenvalue weighted by Gasteiger charge is 2.04. The van der Waals surface area contributed by atoms with Crippen LogP contribution in [0.15, 0.2) is 24.3 Å². The lowest BCUT2D eigenvalue weighted by atomic mass is 9.73. The van der Waals surface area contributed by atoms with Gasteiger partial charge in [-0.3, -0.25) is 4.79 Å². The second-order valence-electron chi connectivity index (χ2n) is 3.70. The van der Waals surface area contributed by atoms with Gasteiger partial charge in [0.2, 0.25) is 5.87 Å². The molecule has 1 aromatic rings. The lowest BCUT2D eigenvalue weighted by molar-refractivity contribution is 0.166. The van der Waals surface area contributed by atoms with E-state index >= 15 is 0 Å². The number of rotatable bonds is 6. The Morgan fingerprint density at radius 3 is 2.69 bits per heavy atom. The molecule has 0 fully saturated rings. The third-order valence-corrected chi connectivity index (χ3v) is 2.23. The molecule has 0 saturated heterocycles. The van der Waals surface area contributed by atoms with Gasteiger partial charge in [0.15, 0.2) is 0 Å². The predicted octanol–water partition coefficient (Wildman–Crippen LogP) is 2.83. The standard InChI is InChI=1S/C12H17BNO2/c1-2-3-8-13-12(15)16-9-10-4-6-11(14)7-5-10/h4-7H,2-3,8-9,14H2,1H3. The van der Waals surface area contributed by atoms with E-state index in [0.29, 0.717) is 12.3 Å². The Morgan fingerprint density at radius 1 is 1.38 bits per heavy atom. The largest absolute Gasteiger partial charge is 0.469 e. The van der Waals surface area contributed by atoms with Crippen molar-refractivity contribution in [2.75, 3.05) is 5.73 Å². The molecule has 0 aliphatic rings. The Hall–Kier alpha value is -1.45. The zero-order valence-electron chi connectivity index (χ0n) is 9.61. The average Bonchev–Trinajstić information content (AvgIpc) is 2.29. The van der Waals surface area contributed by atoms with Gasteiger partial charge in [0.1, 0.15) is 6.61 Å². The normalized spacial score (nSPS) is 9.81. The molecule has 1 aromatic carbocycles. The van der Waals surface area contributed by atoms with Gasteiger partial charge in [-0.15, -0.1) is 0 Å². The highest BCUT2D eigenvalue weighted by Crippen LogP contribution is 2.07. The van der Waals surface area contributed by atoms with Crippen molar-refractivity contribution in [2.24, 2.45) is 0 Å². The zero-order valence-corrected chi connectivity index (χ0v) is 9.61. The highest BCUT2D eigenvalue weighted by molar-refractivity contribution is 6.71. The van der Waals surface area contributed by atoms with Gasteiger partial charge in [-0.1, -0.05) is 38.2 Å². The van der Waals surface area contributed by atoms with Crippen LogP contribution in [0.5, 0.6) is 0 Å². The van der Waals surface area contributed by atoms with E-state index in [-0.39, 0.29) is 5.87 Å². The molecule has 0 amide bonds. The van der Waals surface area contributed by atoms with Crippen LogP contribution in [0.1, 0.15) is 25.3 Å². The van der Waals surface area contributed by atoms with Gasteiger partial charge in [0.25, 0.3) is 7.28 Å². The van der Waals surface area contributed by atoms with E-state index in [2.05, 4.69) is 6.92 Å². The van der Waals surface area contributed by atoms with Gasteiger partial charge in [0.05, 0.1) is 0 Å². The molecule has 0 aromatic heterocycles. The van der Waals surface area contributed by atoms with Crippen LogP contribution in [0, 0.1) is 0 Å². The Kier molecular flexibility index (Phi) is 5.47. The monoisotopic (exact) mass is 218 g/mol. The average molecular weight is 218 g/mol. The van der Waals surface area contributed by atoms with Crippen molar-refractivity contribution in [2.45, 2.75) is 32.7 Å². The minimum Gasteiger partial charge on any atom is -0.469 e. The van der Waals surface area contributed by atoms with Crippen molar-refractivity contribution in [3.63, 3.8) is 0 Å². The third kappa shape index (κ3) is 4.87. The first-order valence-corrected chi connectivity index (χ1v) is 5.56. The molecular weight excluding hydrogens is 201 g/mol. The van der Waals surface area contributed by atoms with Gasteiger partial charge < -0.3 is 10.5 Å². The summed E-state index contributed by atoms with van der Waals surface area (Å²) in [5, 5.41) is 0. The van der Waals surface area contributed by atoms with Gasteiger partial charge in [-0.05, 0) is 17.7 Å². The van der Waals surface area contributed by atoms with E-state index < -0.39 is 0 Å². The van der Waals surface area contributed by atoms with Gasteiger partial charge in [0, 0.05) is 5.69 Å². The maximum Gasteiger partial charge on any atom is 0.261 e. The Bertz CT molecular complexity index is 324. The number of unbranched alkanes of at least 4 members (excludes halogenated alkanes) is 1. The molecule has 2 N–H and O–H groups in total. The molecule has 0 atom stereocenters. The fourth-order valence-electron chi connectivity index (χ4n) is 1.25. The van der Waals surface area contributed by atoms with Gasteiger partial charge >= 0.3 is 0 Å². The molecule has 0 spiro atoms. The SMILES string of the molecule is CCCC[B]C(=O)OCc1ccc(N)cc1. The van der Waals surface area contributed by atoms with Crippen LogP contribution in [0.3, 0.4) is 0 Å². The molecule has 0 aliphatic heterocycles. The number of anilines is 1. The third-order valence-electron chi connectivity index (χ3n) is 2.23. The zero-order chi connectivity index (χ0) is 11.8. The van der Waals surface area contributed by atoms with E-state index in [1.807, 2.05) is 12.1 Å². The maximum absolute atomic E-state index is 11.3. The minimum absolute atomic E-state index is 0.245. The Labute approximate surface area is 97.2 Å². The summed E-state index contributed by atoms with van der Waals surface area (Å²) in [6.45, 7) is 2.40. The van der Waals surface area contributed by atoms with Crippen molar-refractivity contribution >= 4 is 18.8 Å². The highest BCUT2D eigenvalue weighted by atomic mass is 16.5. The lowest BCUT2D eigenvalue weighted by Crippen LogP contribution is -2.10. The molecule has 0 unspecified atom stereocenters. The van der Waals surface area contributed by atoms with Crippen molar-refractivity contribution < 1.29 is 9.53 Å². The molecule has 16 heavy (non-hydrogen) atoms. The van der Waals surface area contributed by atoms with Crippen molar-refractivity contribution in [1.29, 1.82) is 0 Å². The fourth-order valence-corrected chi connectivity index (χ4v) is 1.25. The molecule has 85 valence electrons. The maximum atomic E-state index is 11.3. The summed E-state index contributed by atoms with van der Waals surface area (Å²) < 4.78 is 5.08. The topological polar surface area (TPSA) is 52.3 Å². The van der Waals surface area contributed by atoms with E-state index in [1.54, 1.807) is 19.4 Å². The summed E-state index contributed by atoms with van der Waals surface area (Å²) in [5.41, 5.74) is 7.21. The molecule has 0 heterocycles. The summed E-state index contributed by atoms with van der Waals surface area (Å²) in [6.07, 6.45) is 2.90. The van der Waals surface area contributed by atoms with Crippen molar-refractivity contribution in [1.82, 2.24) is 0 Å². The molecule has 0 saturated carbocycles. The van der Waals surface area contributed by atoms with Crippen molar-refractivity contribution in [3.05, 3.63) is 29.8 Å². The summed E-state index contributed by atoms with van der Waals surface area (Å²) in [5.74, 6) is -0.245. The number of hydrogen-bond donors (Lipinski definition) is 1. The first-order chi connectivity index (χ1) is 7.72. The van der Waals surface area contributed by atoms with Gasteiger partial charge in [-0.25, -0.2) is 0 Å². The van der Waals surface area contributed by atoms with E-state index in [1.165, 1.54) is 0 Å². The molecule has 0 bridgehead atoms. The number of benzene rings is 1. The number of ether oxygens (including phenoxy) is 1. The number of carbonyl (C=O) groups excluding carboxylic acids is 1. The second kappa shape index (κ2) is 6.93. The lowest BCUT2D eigenvalue weighted by Gasteiger charge is -2.04. The quantitative estimate of drug-likeness (QED) is 0.453. The first kappa shape index (κ1) is 12.6. The van der Waals surface area contributed by atoms with Crippen LogP contribution in [0.25, 0.3) is 0 Å². The smallest absolute Gasteiger partial charge is 0.261 e. The molecule has 3 nitrogen and oxygen atoms in total. The molecular formula is C12H17BNO2. The molecule has 0 aliphatic carbocycles. The molecule has 1 radical (unpaired) electrons. The summed E-state index contributed by atoms with van der Waals surface area (Å²) in [7, 11) is 1.60. The Balaban J connectivity index is 2.23. The first-order valence-electron chi connectivity index (χ1n) is 5.56. The van der Waals surface area contributed by atoms with Crippen LogP contribution in [0.2, 0.25) is 6.32 Å². The summed E-state index contributed by atoms with van der Waals surface area (Å²) >= 11 is 0. The minimum atomic E-state index is -0.245. The second-order valence-corrected chi connectivity index (χ2v) is 3.70. The van der Waals surface area contributed by atoms with Crippen LogP contribution in [0.4, 0.5) is 10.5 Å². The van der Waals surface area contributed by atoms with Crippen LogP contribution in [-0.4, -0.2) is 13.1 Å². The number of nitrogens with two attached hydrogens (primary N) is 1. The molecule has 1 rings (SSSR count). The van der Waals surface area contributed by atoms with E-state index in [4.69, 9.17) is 10.5 Å². The fraction of sp³-hybridized carbons (Fsp3) is 0.417. The van der Waals surface area contributed by atoms with Gasteiger partial charge in [-0.2, -0.15) is 0 Å². The van der Waals surface area contributed by atoms with Crippen LogP contribution in [-0.2, 0) is 11.3 Å². The van der Waals surface area contributed by atoms with Crippen LogP contribution >= 0.6 is 0 Å². The predicted molar refractivity (Wildman–Crippen MR) is 66.5 cm³/mol. The van der Waals surface area contributed by atoms with Crippen molar-refractivity contribution in [3.8, 4) is 0 Å². The molecule has 4 heteroatoms. The van der Waals surface area contributed by atoms with E-state index in [0.717, 1.165) is 24.7 Å². The number of carbonyl (C=O) groups is 1. The van der Waals surface area contributed by atoms with E-state index in [9.17, 15) is 4.79 Å². The summed E-state index contributed by atoms with van der Waals surface area (Å²) in [4.78, 5) is 11.3. The number of hydrogen-bond acceptors (Lipinski definition) is 3. The Morgan fingerprint density at radius 2 is 2.06 bits per heavy atom. The summed E-state index contributed by atoms with van der Waals surface area (Å²) in [6, 6.07) is 7.30. The number of nitrogen functional groups attached to an aromatic ring is 1.